The van der Waals surface area contributed by atoms with Crippen molar-refractivity contribution in [3.63, 3.8) is 0 Å². The number of aromatic hydroxyl groups is 1. The second kappa shape index (κ2) is 10.4. The molecule has 1 heterocycles. The van der Waals surface area contributed by atoms with Crippen molar-refractivity contribution in [2.24, 2.45) is 0 Å². The molecule has 158 valence electrons. The van der Waals surface area contributed by atoms with Gasteiger partial charge in [-0.1, -0.05) is 12.1 Å². The van der Waals surface area contributed by atoms with Crippen molar-refractivity contribution in [2.75, 3.05) is 13.1 Å². The van der Waals surface area contributed by atoms with Crippen LogP contribution in [0.4, 0.5) is 0 Å². The van der Waals surface area contributed by atoms with Crippen LogP contribution in [0.5, 0.6) is 5.75 Å². The van der Waals surface area contributed by atoms with Crippen molar-refractivity contribution < 1.29 is 29.6 Å². The molecule has 0 bridgehead atoms. The van der Waals surface area contributed by atoms with E-state index in [2.05, 4.69) is 0 Å². The molecule has 31 heavy (non-hydrogen) atoms. The monoisotopic (exact) mass is 421 g/mol. The average Bonchev–Trinajstić information content (AvgIpc) is 2.68. The lowest BCUT2D eigenvalue weighted by Crippen LogP contribution is -2.34. The Balaban J connectivity index is 2.27. The second-order valence-corrected chi connectivity index (χ2v) is 6.61. The number of carbonyl (C=O) groups is 2. The van der Waals surface area contributed by atoms with Gasteiger partial charge in [0.25, 0.3) is 0 Å². The van der Waals surface area contributed by atoms with Crippen LogP contribution in [-0.4, -0.2) is 45.2 Å². The number of nitrogens with zero attached hydrogens (tertiary/aromatic N) is 3. The minimum Gasteiger partial charge on any atom is -0.508 e. The number of nitriles is 2. The fourth-order valence-corrected chi connectivity index (χ4v) is 2.84. The molecule has 1 aromatic rings. The topological polar surface area (TPSA) is 155 Å². The maximum Gasteiger partial charge on any atom is 0.317 e. The zero-order chi connectivity index (χ0) is 23.0. The lowest BCUT2D eigenvalue weighted by Gasteiger charge is -2.19. The second-order valence-electron chi connectivity index (χ2n) is 6.61. The Morgan fingerprint density at radius 1 is 1.10 bits per heavy atom. The Morgan fingerprint density at radius 2 is 1.74 bits per heavy atom. The van der Waals surface area contributed by atoms with Crippen molar-refractivity contribution in [1.29, 1.82) is 10.5 Å². The highest BCUT2D eigenvalue weighted by Gasteiger charge is 2.16. The molecule has 0 saturated carbocycles. The number of aliphatic carboxylic acids is 2. The van der Waals surface area contributed by atoms with Gasteiger partial charge in [-0.2, -0.15) is 10.5 Å². The van der Waals surface area contributed by atoms with Crippen LogP contribution in [0.25, 0.3) is 6.08 Å². The van der Waals surface area contributed by atoms with E-state index < -0.39 is 25.0 Å². The number of rotatable bonds is 8. The Kier molecular flexibility index (Phi) is 7.73. The van der Waals surface area contributed by atoms with Crippen LogP contribution in [0.2, 0.25) is 0 Å². The van der Waals surface area contributed by atoms with Gasteiger partial charge in [-0.15, -0.1) is 0 Å². The summed E-state index contributed by atoms with van der Waals surface area (Å²) in [4.78, 5) is 23.1. The molecule has 0 amide bonds. The molecule has 0 saturated heterocycles. The summed E-state index contributed by atoms with van der Waals surface area (Å²) >= 11 is 0. The predicted octanol–water partition coefficient (Wildman–Crippen LogP) is 2.54. The maximum absolute atomic E-state index is 11.0. The van der Waals surface area contributed by atoms with Crippen molar-refractivity contribution in [2.45, 2.75) is 13.5 Å². The number of ether oxygens (including phenoxy) is 1. The summed E-state index contributed by atoms with van der Waals surface area (Å²) in [5.74, 6) is -1.56. The Morgan fingerprint density at radius 3 is 2.32 bits per heavy atom. The molecular weight excluding hydrogens is 402 g/mol. The van der Waals surface area contributed by atoms with Crippen LogP contribution in [-0.2, 0) is 20.9 Å². The smallest absolute Gasteiger partial charge is 0.317 e. The van der Waals surface area contributed by atoms with Gasteiger partial charge in [0.1, 0.15) is 35.0 Å². The molecule has 1 aliphatic heterocycles. The van der Waals surface area contributed by atoms with Gasteiger partial charge in [-0.25, -0.2) is 0 Å². The van der Waals surface area contributed by atoms with E-state index in [-0.39, 0.29) is 17.9 Å². The van der Waals surface area contributed by atoms with Crippen LogP contribution >= 0.6 is 0 Å². The molecule has 1 aliphatic rings. The minimum absolute atomic E-state index is 0.0441. The summed E-state index contributed by atoms with van der Waals surface area (Å²) in [6.45, 7) is 0.625. The van der Waals surface area contributed by atoms with E-state index in [1.165, 1.54) is 11.0 Å². The number of phenolic OH excluding ortho intramolecular Hbond substituents is 1. The third kappa shape index (κ3) is 6.89. The largest absolute Gasteiger partial charge is 0.508 e. The van der Waals surface area contributed by atoms with E-state index in [0.29, 0.717) is 28.2 Å². The fourth-order valence-electron chi connectivity index (χ4n) is 2.84. The molecular formula is C22H19N3O6. The molecule has 0 unspecified atom stereocenters. The van der Waals surface area contributed by atoms with Crippen LogP contribution in [0.1, 0.15) is 18.1 Å². The maximum atomic E-state index is 11.0. The highest BCUT2D eigenvalue weighted by atomic mass is 16.5. The van der Waals surface area contributed by atoms with Gasteiger partial charge in [-0.3, -0.25) is 14.5 Å². The highest BCUT2D eigenvalue weighted by molar-refractivity contribution is 5.72. The van der Waals surface area contributed by atoms with Gasteiger partial charge in [0, 0.05) is 17.7 Å². The molecule has 9 heteroatoms. The third-order valence-electron chi connectivity index (χ3n) is 4.10. The van der Waals surface area contributed by atoms with Crippen LogP contribution in [0, 0.1) is 22.7 Å². The average molecular weight is 421 g/mol. The molecule has 0 fully saturated rings. The molecule has 9 nitrogen and oxygen atoms in total. The lowest BCUT2D eigenvalue weighted by molar-refractivity contribution is -0.142. The van der Waals surface area contributed by atoms with Crippen LogP contribution < -0.4 is 0 Å². The van der Waals surface area contributed by atoms with Gasteiger partial charge in [0.05, 0.1) is 13.1 Å². The zero-order valence-electron chi connectivity index (χ0n) is 16.6. The standard InChI is InChI=1S/C22H19N3O6/c1-14-6-16(18(9-23)10-24)8-19(31-14)4-2-15-3-5-20(26)17(7-15)11-25(12-21(27)28)13-22(29)30/h2-8,26H,11-13H2,1H3,(H,27,28)(H,29,30)/b4-2+. The van der Waals surface area contributed by atoms with E-state index >= 15 is 0 Å². The molecule has 0 aromatic heterocycles. The van der Waals surface area contributed by atoms with Gasteiger partial charge in [0.2, 0.25) is 0 Å². The summed E-state index contributed by atoms with van der Waals surface area (Å²) in [6, 6.07) is 8.30. The van der Waals surface area contributed by atoms with Crippen LogP contribution in [0.15, 0.2) is 59.1 Å². The van der Waals surface area contributed by atoms with Crippen molar-refractivity contribution in [1.82, 2.24) is 4.90 Å². The molecule has 0 aliphatic carbocycles. The quantitative estimate of drug-likeness (QED) is 0.537. The predicted molar refractivity (Wildman–Crippen MR) is 109 cm³/mol. The van der Waals surface area contributed by atoms with Crippen molar-refractivity contribution in [3.8, 4) is 17.9 Å². The molecule has 0 atom stereocenters. The number of carboxylic acids is 2. The number of phenols is 1. The van der Waals surface area contributed by atoms with E-state index in [4.69, 9.17) is 25.5 Å². The number of carboxylic acid groups (broad SMARTS) is 2. The first kappa shape index (κ1) is 22.9. The van der Waals surface area contributed by atoms with E-state index in [1.807, 2.05) is 12.1 Å². The van der Waals surface area contributed by atoms with Gasteiger partial charge in [-0.05, 0) is 42.8 Å². The molecule has 2 rings (SSSR count). The first-order valence-electron chi connectivity index (χ1n) is 9.00. The van der Waals surface area contributed by atoms with Crippen molar-refractivity contribution in [3.05, 3.63) is 70.2 Å². The molecule has 0 spiro atoms. The zero-order valence-corrected chi connectivity index (χ0v) is 16.6. The number of allylic oxidation sites excluding steroid dienone is 6. The number of hydrogen-bond donors (Lipinski definition) is 3. The summed E-state index contributed by atoms with van der Waals surface area (Å²) in [5.41, 5.74) is 1.38. The van der Waals surface area contributed by atoms with Gasteiger partial charge >= 0.3 is 11.9 Å². The Hall–Kier alpha value is -4.34. The molecule has 0 radical (unpaired) electrons. The third-order valence-corrected chi connectivity index (χ3v) is 4.10. The first-order valence-corrected chi connectivity index (χ1v) is 9.00. The Labute approximate surface area is 178 Å². The summed E-state index contributed by atoms with van der Waals surface area (Å²) in [7, 11) is 0. The van der Waals surface area contributed by atoms with E-state index in [9.17, 15) is 14.7 Å². The van der Waals surface area contributed by atoms with Crippen LogP contribution in [0.3, 0.4) is 0 Å². The summed E-state index contributed by atoms with van der Waals surface area (Å²) < 4.78 is 5.58. The Bertz CT molecular complexity index is 1070. The molecule has 3 N–H and O–H groups in total. The molecule has 1 aromatic carbocycles. The first-order chi connectivity index (χ1) is 14.7. The number of hydrogen-bond acceptors (Lipinski definition) is 7. The lowest BCUT2D eigenvalue weighted by atomic mass is 10.1. The normalized spacial score (nSPS) is 13.1. The van der Waals surface area contributed by atoms with Gasteiger partial charge < -0.3 is 20.1 Å². The van der Waals surface area contributed by atoms with E-state index in [0.717, 1.165) is 0 Å². The van der Waals surface area contributed by atoms with Gasteiger partial charge in [0.15, 0.2) is 0 Å². The summed E-state index contributed by atoms with van der Waals surface area (Å²) in [6.07, 6.45) is 6.42. The minimum atomic E-state index is -1.18. The highest BCUT2D eigenvalue weighted by Crippen LogP contribution is 2.24. The fraction of sp³-hybridized carbons (Fsp3) is 0.182. The van der Waals surface area contributed by atoms with Crippen molar-refractivity contribution >= 4 is 18.0 Å². The summed E-state index contributed by atoms with van der Waals surface area (Å²) in [5, 5.41) is 46.1. The SMILES string of the molecule is CC1=CC(=C(C#N)C#N)C=C(/C=C/c2ccc(O)c(CN(CC(=O)O)CC(=O)O)c2)O1. The number of benzene rings is 1. The van der Waals surface area contributed by atoms with E-state index in [1.54, 1.807) is 43.4 Å².